The fourth-order valence-corrected chi connectivity index (χ4v) is 3.99. The highest BCUT2D eigenvalue weighted by molar-refractivity contribution is 7.88. The van der Waals surface area contributed by atoms with E-state index in [9.17, 15) is 13.2 Å². The standard InChI is InChI=1S/C15H21ClN2O3S/c1-17(11-12-6-8-13(16)9-7-12)15(19)14-5-3-4-10-18(14)22(2,20)21/h6-9,14H,3-5,10-11H2,1-2H3. The van der Waals surface area contributed by atoms with E-state index in [4.69, 9.17) is 11.6 Å². The average Bonchev–Trinajstić information content (AvgIpc) is 2.48. The van der Waals surface area contributed by atoms with E-state index in [0.717, 1.165) is 24.7 Å². The van der Waals surface area contributed by atoms with E-state index in [-0.39, 0.29) is 5.91 Å². The molecule has 1 aromatic carbocycles. The van der Waals surface area contributed by atoms with Gasteiger partial charge >= 0.3 is 0 Å². The van der Waals surface area contributed by atoms with Gasteiger partial charge in [-0.3, -0.25) is 4.79 Å². The number of carbonyl (C=O) groups is 1. The molecule has 0 aromatic heterocycles. The number of rotatable bonds is 4. The van der Waals surface area contributed by atoms with E-state index in [0.29, 0.717) is 24.5 Å². The molecule has 1 unspecified atom stereocenters. The summed E-state index contributed by atoms with van der Waals surface area (Å²) >= 11 is 5.85. The molecule has 0 bridgehead atoms. The molecule has 1 aromatic rings. The highest BCUT2D eigenvalue weighted by atomic mass is 35.5. The van der Waals surface area contributed by atoms with Crippen LogP contribution in [0.4, 0.5) is 0 Å². The highest BCUT2D eigenvalue weighted by Gasteiger charge is 2.35. The van der Waals surface area contributed by atoms with Gasteiger partial charge in [-0.15, -0.1) is 0 Å². The summed E-state index contributed by atoms with van der Waals surface area (Å²) in [5.41, 5.74) is 0.960. The second-order valence-corrected chi connectivity index (χ2v) is 8.08. The minimum atomic E-state index is -3.36. The Bertz CT molecular complexity index is 631. The lowest BCUT2D eigenvalue weighted by Crippen LogP contribution is -2.51. The Morgan fingerprint density at radius 3 is 2.55 bits per heavy atom. The third kappa shape index (κ3) is 4.21. The molecule has 1 saturated heterocycles. The number of hydrogen-bond donors (Lipinski definition) is 0. The number of sulfonamides is 1. The molecule has 1 heterocycles. The predicted octanol–water partition coefficient (Wildman–Crippen LogP) is 2.11. The van der Waals surface area contributed by atoms with Crippen LogP contribution in [-0.4, -0.2) is 49.4 Å². The Morgan fingerprint density at radius 1 is 1.32 bits per heavy atom. The number of halogens is 1. The first-order chi connectivity index (χ1) is 10.3. The van der Waals surface area contributed by atoms with Crippen molar-refractivity contribution in [3.05, 3.63) is 34.9 Å². The lowest BCUT2D eigenvalue weighted by molar-refractivity contribution is -0.135. The Balaban J connectivity index is 2.09. The predicted molar refractivity (Wildman–Crippen MR) is 87.1 cm³/mol. The van der Waals surface area contributed by atoms with Gasteiger partial charge in [0, 0.05) is 25.2 Å². The van der Waals surface area contributed by atoms with Gasteiger partial charge in [-0.2, -0.15) is 4.31 Å². The first kappa shape index (κ1) is 17.2. The van der Waals surface area contributed by atoms with Crippen molar-refractivity contribution >= 4 is 27.5 Å². The maximum atomic E-state index is 12.6. The van der Waals surface area contributed by atoms with E-state index < -0.39 is 16.1 Å². The second-order valence-electron chi connectivity index (χ2n) is 5.71. The van der Waals surface area contributed by atoms with Crippen molar-refractivity contribution in [1.29, 1.82) is 0 Å². The van der Waals surface area contributed by atoms with Crippen LogP contribution >= 0.6 is 11.6 Å². The first-order valence-electron chi connectivity index (χ1n) is 7.25. The van der Waals surface area contributed by atoms with Crippen LogP contribution in [0.5, 0.6) is 0 Å². The fourth-order valence-electron chi connectivity index (χ4n) is 2.74. The minimum Gasteiger partial charge on any atom is -0.340 e. The number of amides is 1. The second kappa shape index (κ2) is 6.98. The normalized spacial score (nSPS) is 19.9. The molecule has 22 heavy (non-hydrogen) atoms. The van der Waals surface area contributed by atoms with E-state index in [1.807, 2.05) is 12.1 Å². The van der Waals surface area contributed by atoms with Crippen LogP contribution in [0.2, 0.25) is 5.02 Å². The SMILES string of the molecule is CN(Cc1ccc(Cl)cc1)C(=O)C1CCCCN1S(C)(=O)=O. The zero-order chi connectivity index (χ0) is 16.3. The third-order valence-corrected chi connectivity index (χ3v) is 5.41. The number of likely N-dealkylation sites (N-methyl/N-ethyl adjacent to an activating group) is 1. The van der Waals surface area contributed by atoms with Gasteiger partial charge < -0.3 is 4.90 Å². The van der Waals surface area contributed by atoms with Crippen LogP contribution in [0.15, 0.2) is 24.3 Å². The molecular weight excluding hydrogens is 324 g/mol. The summed E-state index contributed by atoms with van der Waals surface area (Å²) in [4.78, 5) is 14.2. The first-order valence-corrected chi connectivity index (χ1v) is 9.48. The van der Waals surface area contributed by atoms with Crippen molar-refractivity contribution in [3.63, 3.8) is 0 Å². The van der Waals surface area contributed by atoms with Gasteiger partial charge in [0.25, 0.3) is 0 Å². The molecule has 1 fully saturated rings. The zero-order valence-corrected chi connectivity index (χ0v) is 14.4. The van der Waals surface area contributed by atoms with Crippen LogP contribution in [0.1, 0.15) is 24.8 Å². The Kier molecular flexibility index (Phi) is 5.47. The fraction of sp³-hybridized carbons (Fsp3) is 0.533. The molecular formula is C15H21ClN2O3S. The Labute approximate surface area is 136 Å². The summed E-state index contributed by atoms with van der Waals surface area (Å²) in [6, 6.07) is 6.70. The molecule has 5 nitrogen and oxygen atoms in total. The molecule has 1 aliphatic rings. The third-order valence-electron chi connectivity index (χ3n) is 3.87. The number of carbonyl (C=O) groups excluding carboxylic acids is 1. The molecule has 0 spiro atoms. The van der Waals surface area contributed by atoms with Crippen molar-refractivity contribution in [3.8, 4) is 0 Å². The maximum Gasteiger partial charge on any atom is 0.241 e. The molecule has 0 saturated carbocycles. The van der Waals surface area contributed by atoms with E-state index in [1.165, 1.54) is 4.31 Å². The van der Waals surface area contributed by atoms with Crippen LogP contribution in [-0.2, 0) is 21.4 Å². The molecule has 122 valence electrons. The van der Waals surface area contributed by atoms with Crippen molar-refractivity contribution in [2.45, 2.75) is 31.8 Å². The van der Waals surface area contributed by atoms with Gasteiger partial charge in [-0.25, -0.2) is 8.42 Å². The summed E-state index contributed by atoms with van der Waals surface area (Å²) in [7, 11) is -1.66. The number of nitrogens with zero attached hydrogens (tertiary/aromatic N) is 2. The number of piperidine rings is 1. The molecule has 2 rings (SSSR count). The van der Waals surface area contributed by atoms with Crippen molar-refractivity contribution in [2.75, 3.05) is 19.8 Å². The van der Waals surface area contributed by atoms with Crippen molar-refractivity contribution in [1.82, 2.24) is 9.21 Å². The van der Waals surface area contributed by atoms with E-state index >= 15 is 0 Å². The lowest BCUT2D eigenvalue weighted by atomic mass is 10.0. The van der Waals surface area contributed by atoms with Gasteiger partial charge in [-0.1, -0.05) is 30.2 Å². The number of hydrogen-bond acceptors (Lipinski definition) is 3. The van der Waals surface area contributed by atoms with Crippen LogP contribution in [0.3, 0.4) is 0 Å². The van der Waals surface area contributed by atoms with Crippen molar-refractivity contribution < 1.29 is 13.2 Å². The van der Waals surface area contributed by atoms with E-state index in [1.54, 1.807) is 24.1 Å². The van der Waals surface area contributed by atoms with E-state index in [2.05, 4.69) is 0 Å². The summed E-state index contributed by atoms with van der Waals surface area (Å²) in [6.07, 6.45) is 3.42. The molecule has 1 aliphatic heterocycles. The van der Waals surface area contributed by atoms with Gasteiger partial charge in [0.05, 0.1) is 6.26 Å². The number of benzene rings is 1. The van der Waals surface area contributed by atoms with Gasteiger partial charge in [0.15, 0.2) is 0 Å². The maximum absolute atomic E-state index is 12.6. The molecule has 1 amide bonds. The van der Waals surface area contributed by atoms with Gasteiger partial charge in [0.2, 0.25) is 15.9 Å². The molecule has 0 aliphatic carbocycles. The molecule has 1 atom stereocenters. The minimum absolute atomic E-state index is 0.153. The summed E-state index contributed by atoms with van der Waals surface area (Å²) in [5.74, 6) is -0.153. The zero-order valence-electron chi connectivity index (χ0n) is 12.8. The Hall–Kier alpha value is -1.11. The van der Waals surface area contributed by atoms with Crippen LogP contribution < -0.4 is 0 Å². The monoisotopic (exact) mass is 344 g/mol. The lowest BCUT2D eigenvalue weighted by Gasteiger charge is -2.35. The van der Waals surface area contributed by atoms with Gasteiger partial charge in [-0.05, 0) is 30.5 Å². The van der Waals surface area contributed by atoms with Crippen molar-refractivity contribution in [2.24, 2.45) is 0 Å². The summed E-state index contributed by atoms with van der Waals surface area (Å²) < 4.78 is 25.1. The molecule has 0 radical (unpaired) electrons. The average molecular weight is 345 g/mol. The van der Waals surface area contributed by atoms with Gasteiger partial charge in [0.1, 0.15) is 6.04 Å². The van der Waals surface area contributed by atoms with Crippen LogP contribution in [0, 0.1) is 0 Å². The molecule has 7 heteroatoms. The molecule has 0 N–H and O–H groups in total. The highest BCUT2D eigenvalue weighted by Crippen LogP contribution is 2.22. The Morgan fingerprint density at radius 2 is 1.95 bits per heavy atom. The summed E-state index contributed by atoms with van der Waals surface area (Å²) in [5, 5.41) is 0.647. The smallest absolute Gasteiger partial charge is 0.241 e. The summed E-state index contributed by atoms with van der Waals surface area (Å²) in [6.45, 7) is 0.855. The largest absolute Gasteiger partial charge is 0.340 e. The van der Waals surface area contributed by atoms with Crippen LogP contribution in [0.25, 0.3) is 0 Å². The quantitative estimate of drug-likeness (QED) is 0.840. The topological polar surface area (TPSA) is 57.7 Å².